The molecule has 3 N–H and O–H groups in total. The molecule has 0 saturated carbocycles. The van der Waals surface area contributed by atoms with Crippen LogP contribution in [0.2, 0.25) is 20.1 Å². The summed E-state index contributed by atoms with van der Waals surface area (Å²) in [6.07, 6.45) is 4.16. The summed E-state index contributed by atoms with van der Waals surface area (Å²) in [5.41, 5.74) is 9.39. The first-order chi connectivity index (χ1) is 34.3. The van der Waals surface area contributed by atoms with Crippen molar-refractivity contribution in [3.05, 3.63) is 205 Å². The Balaban J connectivity index is 0.000000194. The average molecular weight is 1060 g/mol. The van der Waals surface area contributed by atoms with Crippen molar-refractivity contribution < 1.29 is 34.1 Å². The molecule has 0 radical (unpaired) electrons. The maximum atomic E-state index is 12.6. The summed E-state index contributed by atoms with van der Waals surface area (Å²) in [5, 5.41) is 29.0. The zero-order valence-corrected chi connectivity index (χ0v) is 41.7. The first-order valence-corrected chi connectivity index (χ1v) is 24.6. The van der Waals surface area contributed by atoms with E-state index in [1.165, 1.54) is 41.9 Å². The number of hydrogen-bond acceptors (Lipinski definition) is 10. The summed E-state index contributed by atoms with van der Waals surface area (Å²) in [7, 11) is 1.32. The molecule has 11 nitrogen and oxygen atoms in total. The van der Waals surface area contributed by atoms with Gasteiger partial charge >= 0.3 is 17.9 Å². The monoisotopic (exact) mass is 1060 g/mol. The standard InChI is InChI=1S/C30H21Cl2N3O3S.C24H15Cl2NO4S/c31-25-10-8-21(15-26(25)32)27-17-39-29(35-27)22-7-9-23(24(14-22)30(37)38)19-3-5-20(6-4-19)28(36)34-13-11-18-2-1-12-33-16-18;1-31-24(30)18-10-16(6-8-17(18)13-2-4-14(5-3-13)23(28)29)22-27-21(12-32-22)15-7-9-19(25)20(26)11-15/h1-10,12,14-17H,11,13H2,(H,34,36)(H,37,38);2-12H,1H3,(H,28,29). The zero-order chi connectivity index (χ0) is 50.2. The van der Waals surface area contributed by atoms with Crippen molar-refractivity contribution in [3.63, 3.8) is 0 Å². The first kappa shape index (κ1) is 50.2. The minimum atomic E-state index is -1.05. The van der Waals surface area contributed by atoms with Crippen molar-refractivity contribution >= 4 is 92.9 Å². The fourth-order valence-corrected chi connectivity index (χ4v) is 9.51. The minimum absolute atomic E-state index is 0.146. The normalized spacial score (nSPS) is 10.8. The second-order valence-electron chi connectivity index (χ2n) is 15.5. The topological polar surface area (TPSA) is 169 Å². The van der Waals surface area contributed by atoms with Crippen molar-refractivity contribution in [1.82, 2.24) is 20.3 Å². The molecule has 354 valence electrons. The van der Waals surface area contributed by atoms with E-state index in [9.17, 15) is 24.3 Å². The van der Waals surface area contributed by atoms with Crippen molar-refractivity contribution in [2.75, 3.05) is 13.7 Å². The van der Waals surface area contributed by atoms with Crippen LogP contribution in [0.25, 0.3) is 65.9 Å². The number of aromatic carboxylic acids is 2. The van der Waals surface area contributed by atoms with Gasteiger partial charge in [0, 0.05) is 57.5 Å². The van der Waals surface area contributed by atoms with Gasteiger partial charge in [0.05, 0.1) is 55.3 Å². The van der Waals surface area contributed by atoms with E-state index in [-0.39, 0.29) is 17.0 Å². The van der Waals surface area contributed by atoms with Gasteiger partial charge in [-0.1, -0.05) is 113 Å². The molecule has 3 heterocycles. The van der Waals surface area contributed by atoms with Gasteiger partial charge in [-0.25, -0.2) is 24.4 Å². The fourth-order valence-electron chi connectivity index (χ4n) is 7.26. The number of amides is 1. The number of halogens is 4. The number of carboxylic acid groups (broad SMARTS) is 2. The number of aromatic nitrogens is 3. The van der Waals surface area contributed by atoms with Crippen LogP contribution >= 0.6 is 69.1 Å². The smallest absolute Gasteiger partial charge is 0.338 e. The first-order valence-electron chi connectivity index (χ1n) is 21.3. The number of nitrogens with one attached hydrogen (secondary N) is 1. The molecular formula is C54H36Cl4N4O7S2. The predicted molar refractivity (Wildman–Crippen MR) is 282 cm³/mol. The molecule has 0 aliphatic carbocycles. The van der Waals surface area contributed by atoms with E-state index in [1.807, 2.05) is 47.2 Å². The van der Waals surface area contributed by atoms with Gasteiger partial charge < -0.3 is 20.3 Å². The van der Waals surface area contributed by atoms with Crippen LogP contribution in [0.4, 0.5) is 0 Å². The highest BCUT2D eigenvalue weighted by Gasteiger charge is 2.19. The van der Waals surface area contributed by atoms with Crippen LogP contribution in [0.3, 0.4) is 0 Å². The molecule has 0 unspecified atom stereocenters. The van der Waals surface area contributed by atoms with Crippen LogP contribution in [-0.2, 0) is 11.2 Å². The van der Waals surface area contributed by atoms with Crippen molar-refractivity contribution in [1.29, 1.82) is 0 Å². The summed E-state index contributed by atoms with van der Waals surface area (Å²) < 4.78 is 4.97. The van der Waals surface area contributed by atoms with Gasteiger partial charge in [-0.2, -0.15) is 0 Å². The third kappa shape index (κ3) is 12.0. The molecule has 71 heavy (non-hydrogen) atoms. The van der Waals surface area contributed by atoms with Gasteiger partial charge in [0.25, 0.3) is 5.91 Å². The lowest BCUT2D eigenvalue weighted by Crippen LogP contribution is -2.25. The second-order valence-corrected chi connectivity index (χ2v) is 18.8. The lowest BCUT2D eigenvalue weighted by molar-refractivity contribution is 0.0599. The van der Waals surface area contributed by atoms with Crippen molar-refractivity contribution in [3.8, 4) is 65.9 Å². The Morgan fingerprint density at radius 1 is 0.563 bits per heavy atom. The lowest BCUT2D eigenvalue weighted by Gasteiger charge is -2.10. The van der Waals surface area contributed by atoms with Crippen LogP contribution in [0.1, 0.15) is 47.0 Å². The summed E-state index contributed by atoms with van der Waals surface area (Å²) in [4.78, 5) is 61.8. The highest BCUT2D eigenvalue weighted by molar-refractivity contribution is 7.13. The van der Waals surface area contributed by atoms with E-state index in [0.29, 0.717) is 77.0 Å². The summed E-state index contributed by atoms with van der Waals surface area (Å²) in [5.74, 6) is -2.75. The number of hydrogen-bond donors (Lipinski definition) is 3. The highest BCUT2D eigenvalue weighted by atomic mass is 35.5. The highest BCUT2D eigenvalue weighted by Crippen LogP contribution is 2.37. The number of benzene rings is 6. The number of carbonyl (C=O) groups excluding carboxylic acids is 2. The molecule has 3 aromatic heterocycles. The Bertz CT molecular complexity index is 3440. The predicted octanol–water partition coefficient (Wildman–Crippen LogP) is 14.5. The molecule has 1 amide bonds. The maximum Gasteiger partial charge on any atom is 0.338 e. The van der Waals surface area contributed by atoms with Gasteiger partial charge in [-0.05, 0) is 101 Å². The van der Waals surface area contributed by atoms with Crippen molar-refractivity contribution in [2.24, 2.45) is 0 Å². The van der Waals surface area contributed by atoms with E-state index in [2.05, 4.69) is 20.3 Å². The molecule has 17 heteroatoms. The van der Waals surface area contributed by atoms with Gasteiger partial charge in [-0.15, -0.1) is 22.7 Å². The van der Waals surface area contributed by atoms with Crippen molar-refractivity contribution in [2.45, 2.75) is 6.42 Å². The van der Waals surface area contributed by atoms with Crippen LogP contribution in [0.15, 0.2) is 157 Å². The molecule has 0 bridgehead atoms. The molecule has 0 saturated heterocycles. The average Bonchev–Trinajstić information content (AvgIpc) is 4.10. The van der Waals surface area contributed by atoms with E-state index in [4.69, 9.17) is 56.2 Å². The van der Waals surface area contributed by atoms with Gasteiger partial charge in [0.1, 0.15) is 10.0 Å². The SMILES string of the molecule is COC(=O)c1cc(-c2nc(-c3ccc(Cl)c(Cl)c3)cs2)ccc1-c1ccc(C(=O)O)cc1.O=C(NCCc1cccnc1)c1ccc(-c2ccc(-c3nc(-c4ccc(Cl)c(Cl)c4)cs3)cc2C(=O)O)cc1. The number of rotatable bonds is 13. The lowest BCUT2D eigenvalue weighted by atomic mass is 9.96. The fraction of sp³-hybridized carbons (Fsp3) is 0.0556. The van der Waals surface area contributed by atoms with Crippen LogP contribution in [0, 0.1) is 0 Å². The summed E-state index contributed by atoms with van der Waals surface area (Å²) in [6, 6.07) is 38.3. The number of carboxylic acids is 2. The largest absolute Gasteiger partial charge is 0.478 e. The molecule has 9 rings (SSSR count). The molecule has 0 fully saturated rings. The number of pyridine rings is 1. The van der Waals surface area contributed by atoms with Crippen LogP contribution in [0.5, 0.6) is 0 Å². The van der Waals surface area contributed by atoms with E-state index in [0.717, 1.165) is 38.6 Å². The summed E-state index contributed by atoms with van der Waals surface area (Å²) in [6.45, 7) is 0.487. The van der Waals surface area contributed by atoms with Gasteiger partial charge in [0.15, 0.2) is 0 Å². The molecular weight excluding hydrogens is 1020 g/mol. The van der Waals surface area contributed by atoms with E-state index in [1.54, 1.807) is 97.3 Å². The number of methoxy groups -OCH3 is 1. The number of ether oxygens (including phenoxy) is 1. The Morgan fingerprint density at radius 3 is 1.54 bits per heavy atom. The zero-order valence-electron chi connectivity index (χ0n) is 37.0. The Morgan fingerprint density at radius 2 is 1.06 bits per heavy atom. The van der Waals surface area contributed by atoms with Gasteiger partial charge in [0.2, 0.25) is 0 Å². The molecule has 0 spiro atoms. The van der Waals surface area contributed by atoms with Crippen LogP contribution < -0.4 is 5.32 Å². The molecule has 0 aliphatic heterocycles. The Labute approximate surface area is 434 Å². The van der Waals surface area contributed by atoms with E-state index >= 15 is 0 Å². The molecule has 0 atom stereocenters. The maximum absolute atomic E-state index is 12.6. The second kappa shape index (κ2) is 22.7. The number of nitrogens with zero attached hydrogens (tertiary/aromatic N) is 3. The number of esters is 1. The minimum Gasteiger partial charge on any atom is -0.478 e. The van der Waals surface area contributed by atoms with Gasteiger partial charge in [-0.3, -0.25) is 9.78 Å². The molecule has 0 aliphatic rings. The molecule has 9 aromatic rings. The summed E-state index contributed by atoms with van der Waals surface area (Å²) >= 11 is 27.1. The third-order valence-electron chi connectivity index (χ3n) is 10.9. The van der Waals surface area contributed by atoms with Crippen LogP contribution in [-0.4, -0.2) is 62.6 Å². The quantitative estimate of drug-likeness (QED) is 0.0945. The van der Waals surface area contributed by atoms with E-state index < -0.39 is 17.9 Å². The third-order valence-corrected chi connectivity index (χ3v) is 14.2. The Kier molecular flexibility index (Phi) is 16.0. The molecule has 6 aromatic carbocycles. The Hall–Kier alpha value is -7.23. The number of thiazole rings is 2. The number of carbonyl (C=O) groups is 4.